The van der Waals surface area contributed by atoms with Crippen LogP contribution in [0.5, 0.6) is 5.75 Å². The molecule has 1 saturated carbocycles. The van der Waals surface area contributed by atoms with Gasteiger partial charge < -0.3 is 4.74 Å². The summed E-state index contributed by atoms with van der Waals surface area (Å²) in [4.78, 5) is 29.7. The van der Waals surface area contributed by atoms with Crippen molar-refractivity contribution in [1.29, 1.82) is 0 Å². The number of hydrogen-bond acceptors (Lipinski definition) is 7. The fourth-order valence-corrected chi connectivity index (χ4v) is 5.77. The molecule has 0 atom stereocenters. The van der Waals surface area contributed by atoms with Gasteiger partial charge in [-0.1, -0.05) is 38.3 Å². The van der Waals surface area contributed by atoms with Gasteiger partial charge in [-0.15, -0.1) is 11.3 Å². The number of aryl methyl sites for hydroxylation is 1. The number of carbonyl (C=O) groups is 2. The van der Waals surface area contributed by atoms with Gasteiger partial charge in [-0.3, -0.25) is 14.9 Å². The molecular weight excluding hydrogens is 424 g/mol. The molecule has 30 heavy (non-hydrogen) atoms. The number of thiazole rings is 1. The molecule has 1 aromatic carbocycles. The van der Waals surface area contributed by atoms with E-state index in [2.05, 4.69) is 10.3 Å². The van der Waals surface area contributed by atoms with Crippen LogP contribution in [-0.2, 0) is 14.6 Å². The summed E-state index contributed by atoms with van der Waals surface area (Å²) in [6.45, 7) is 3.20. The molecule has 1 heterocycles. The van der Waals surface area contributed by atoms with Crippen molar-refractivity contribution in [3.8, 4) is 5.75 Å². The summed E-state index contributed by atoms with van der Waals surface area (Å²) in [5.74, 6) is -0.395. The molecule has 1 aliphatic carbocycles. The highest BCUT2D eigenvalue weighted by atomic mass is 32.2. The van der Waals surface area contributed by atoms with Crippen LogP contribution in [0.1, 0.15) is 60.7 Å². The zero-order valence-electron chi connectivity index (χ0n) is 17.1. The molecule has 0 saturated heterocycles. The van der Waals surface area contributed by atoms with E-state index >= 15 is 0 Å². The molecule has 1 fully saturated rings. The Morgan fingerprint density at radius 1 is 1.20 bits per heavy atom. The van der Waals surface area contributed by atoms with Crippen molar-refractivity contribution in [3.63, 3.8) is 0 Å². The number of benzene rings is 1. The van der Waals surface area contributed by atoms with Crippen LogP contribution in [0.15, 0.2) is 29.3 Å². The van der Waals surface area contributed by atoms with Gasteiger partial charge in [-0.2, -0.15) is 0 Å². The smallest absolute Gasteiger partial charge is 0.311 e. The standard InChI is InChI=1S/C21H26N2O5S2/c1-3-30(26,27)20-14(2)29-21(23-20)22-19(25)16-11-7-8-12-17(16)28-18(24)13-15-9-5-4-6-10-15/h7-8,11-12,15H,3-6,9-10,13H2,1-2H3,(H,22,23,25). The van der Waals surface area contributed by atoms with Crippen molar-refractivity contribution in [2.75, 3.05) is 11.1 Å². The third-order valence-corrected chi connectivity index (χ3v) is 7.95. The number of sulfone groups is 1. The highest BCUT2D eigenvalue weighted by Crippen LogP contribution is 2.29. The zero-order chi connectivity index (χ0) is 21.7. The van der Waals surface area contributed by atoms with Crippen molar-refractivity contribution in [2.45, 2.75) is 57.4 Å². The Bertz CT molecular complexity index is 1020. The molecule has 9 heteroatoms. The first-order valence-electron chi connectivity index (χ1n) is 10.1. The van der Waals surface area contributed by atoms with E-state index in [1.165, 1.54) is 6.42 Å². The second-order valence-corrected chi connectivity index (χ2v) is 10.8. The van der Waals surface area contributed by atoms with E-state index in [4.69, 9.17) is 4.74 Å². The number of ether oxygens (including phenoxy) is 1. The van der Waals surface area contributed by atoms with Crippen molar-refractivity contribution in [1.82, 2.24) is 4.98 Å². The minimum Gasteiger partial charge on any atom is -0.426 e. The van der Waals surface area contributed by atoms with Gasteiger partial charge in [0, 0.05) is 11.3 Å². The summed E-state index contributed by atoms with van der Waals surface area (Å²) in [7, 11) is -3.47. The summed E-state index contributed by atoms with van der Waals surface area (Å²) in [6, 6.07) is 6.50. The molecule has 7 nitrogen and oxygen atoms in total. The predicted molar refractivity (Wildman–Crippen MR) is 116 cm³/mol. The van der Waals surface area contributed by atoms with Crippen LogP contribution in [0.3, 0.4) is 0 Å². The Hall–Kier alpha value is -2.26. The summed E-state index contributed by atoms with van der Waals surface area (Å²) in [5.41, 5.74) is 0.197. The Labute approximate surface area is 180 Å². The molecule has 3 rings (SSSR count). The number of aromatic nitrogens is 1. The maximum absolute atomic E-state index is 12.8. The van der Waals surface area contributed by atoms with Crippen LogP contribution in [0.4, 0.5) is 5.13 Å². The monoisotopic (exact) mass is 450 g/mol. The van der Waals surface area contributed by atoms with Crippen LogP contribution >= 0.6 is 11.3 Å². The number of esters is 1. The average molecular weight is 451 g/mol. The van der Waals surface area contributed by atoms with Gasteiger partial charge in [0.25, 0.3) is 5.91 Å². The van der Waals surface area contributed by atoms with Crippen molar-refractivity contribution in [2.24, 2.45) is 5.92 Å². The lowest BCUT2D eigenvalue weighted by atomic mass is 9.87. The van der Waals surface area contributed by atoms with Gasteiger partial charge in [0.15, 0.2) is 20.0 Å². The molecule has 2 aromatic rings. The highest BCUT2D eigenvalue weighted by Gasteiger charge is 2.23. The highest BCUT2D eigenvalue weighted by molar-refractivity contribution is 7.91. The first kappa shape index (κ1) is 22.4. The van der Waals surface area contributed by atoms with Crippen LogP contribution < -0.4 is 10.1 Å². The number of nitrogens with zero attached hydrogens (tertiary/aromatic N) is 1. The second kappa shape index (κ2) is 9.70. The topological polar surface area (TPSA) is 102 Å². The van der Waals surface area contributed by atoms with E-state index in [0.29, 0.717) is 17.2 Å². The Morgan fingerprint density at radius 2 is 1.90 bits per heavy atom. The average Bonchev–Trinajstić information content (AvgIpc) is 3.10. The van der Waals surface area contributed by atoms with Crippen molar-refractivity contribution in [3.05, 3.63) is 34.7 Å². The molecule has 0 aliphatic heterocycles. The van der Waals surface area contributed by atoms with E-state index in [9.17, 15) is 18.0 Å². The van der Waals surface area contributed by atoms with Gasteiger partial charge >= 0.3 is 5.97 Å². The minimum atomic E-state index is -3.47. The lowest BCUT2D eigenvalue weighted by Gasteiger charge is -2.20. The molecule has 162 valence electrons. The molecular formula is C21H26N2O5S2. The maximum Gasteiger partial charge on any atom is 0.311 e. The van der Waals surface area contributed by atoms with E-state index in [-0.39, 0.29) is 33.2 Å². The molecule has 0 bridgehead atoms. The number of para-hydroxylation sites is 1. The molecule has 1 aliphatic rings. The summed E-state index contributed by atoms with van der Waals surface area (Å²) >= 11 is 1.09. The maximum atomic E-state index is 12.8. The fourth-order valence-electron chi connectivity index (χ4n) is 3.56. The lowest BCUT2D eigenvalue weighted by molar-refractivity contribution is -0.135. The summed E-state index contributed by atoms with van der Waals surface area (Å²) in [6.07, 6.45) is 5.90. The normalized spacial score (nSPS) is 15.0. The van der Waals surface area contributed by atoms with E-state index in [1.54, 1.807) is 38.1 Å². The Morgan fingerprint density at radius 3 is 2.60 bits per heavy atom. The number of carbonyl (C=O) groups excluding carboxylic acids is 2. The Balaban J connectivity index is 1.71. The van der Waals surface area contributed by atoms with E-state index < -0.39 is 15.7 Å². The number of amides is 1. The van der Waals surface area contributed by atoms with Gasteiger partial charge in [0.05, 0.1) is 11.3 Å². The number of rotatable bonds is 7. The van der Waals surface area contributed by atoms with Crippen LogP contribution in [0.25, 0.3) is 0 Å². The number of nitrogens with one attached hydrogen (secondary N) is 1. The van der Waals surface area contributed by atoms with Gasteiger partial charge in [-0.05, 0) is 37.8 Å². The first-order chi connectivity index (χ1) is 14.3. The molecule has 0 spiro atoms. The number of hydrogen-bond donors (Lipinski definition) is 1. The molecule has 0 radical (unpaired) electrons. The van der Waals surface area contributed by atoms with Gasteiger partial charge in [0.2, 0.25) is 0 Å². The molecule has 1 aromatic heterocycles. The van der Waals surface area contributed by atoms with Gasteiger partial charge in [0.1, 0.15) is 5.75 Å². The number of anilines is 1. The van der Waals surface area contributed by atoms with Gasteiger partial charge in [-0.25, -0.2) is 13.4 Å². The molecule has 1 N–H and O–H groups in total. The first-order valence-corrected chi connectivity index (χ1v) is 12.6. The largest absolute Gasteiger partial charge is 0.426 e. The lowest BCUT2D eigenvalue weighted by Crippen LogP contribution is -2.19. The van der Waals surface area contributed by atoms with E-state index in [0.717, 1.165) is 37.0 Å². The SMILES string of the molecule is CCS(=O)(=O)c1nc(NC(=O)c2ccccc2OC(=O)CC2CCCCC2)sc1C. The van der Waals surface area contributed by atoms with Crippen LogP contribution in [0.2, 0.25) is 0 Å². The predicted octanol–water partition coefficient (Wildman–Crippen LogP) is 4.37. The second-order valence-electron chi connectivity index (χ2n) is 7.42. The zero-order valence-corrected chi connectivity index (χ0v) is 18.8. The van der Waals surface area contributed by atoms with Crippen LogP contribution in [-0.4, -0.2) is 31.0 Å². The fraction of sp³-hybridized carbons (Fsp3) is 0.476. The third-order valence-electron chi connectivity index (χ3n) is 5.18. The van der Waals surface area contributed by atoms with Crippen molar-refractivity contribution < 1.29 is 22.7 Å². The summed E-state index contributed by atoms with van der Waals surface area (Å²) in [5, 5.41) is 2.80. The quantitative estimate of drug-likeness (QED) is 0.496. The van der Waals surface area contributed by atoms with E-state index in [1.807, 2.05) is 0 Å². The molecule has 1 amide bonds. The van der Waals surface area contributed by atoms with Crippen LogP contribution in [0, 0.1) is 12.8 Å². The van der Waals surface area contributed by atoms with Crippen molar-refractivity contribution >= 4 is 38.2 Å². The third kappa shape index (κ3) is 5.46. The minimum absolute atomic E-state index is 0.0162. The summed E-state index contributed by atoms with van der Waals surface area (Å²) < 4.78 is 29.7. The molecule has 0 unspecified atom stereocenters. The Kier molecular flexibility index (Phi) is 7.25.